The van der Waals surface area contributed by atoms with Crippen molar-refractivity contribution in [3.8, 4) is 0 Å². The van der Waals surface area contributed by atoms with E-state index in [1.165, 1.54) is 11.3 Å². The zero-order valence-corrected chi connectivity index (χ0v) is 10.6. The third kappa shape index (κ3) is 3.10. The van der Waals surface area contributed by atoms with Crippen LogP contribution in [0.1, 0.15) is 10.8 Å². The first-order valence-corrected chi connectivity index (χ1v) is 6.37. The van der Waals surface area contributed by atoms with Crippen molar-refractivity contribution in [2.45, 2.75) is 13.0 Å². The van der Waals surface area contributed by atoms with E-state index < -0.39 is 0 Å². The van der Waals surface area contributed by atoms with Gasteiger partial charge < -0.3 is 9.73 Å². The highest BCUT2D eigenvalue weighted by atomic mass is 35.5. The molecule has 1 N–H and O–H groups in total. The van der Waals surface area contributed by atoms with Crippen LogP contribution in [0.15, 0.2) is 16.5 Å². The summed E-state index contributed by atoms with van der Waals surface area (Å²) in [5.74, 6) is 1.02. The molecule has 0 bridgehead atoms. The number of alkyl halides is 1. The number of aromatic nitrogens is 2. The number of nitrogens with zero attached hydrogens (tertiary/aromatic N) is 2. The van der Waals surface area contributed by atoms with E-state index in [9.17, 15) is 0 Å². The van der Waals surface area contributed by atoms with Crippen LogP contribution in [-0.4, -0.2) is 16.1 Å². The van der Waals surface area contributed by atoms with E-state index in [0.29, 0.717) is 30.8 Å². The molecule has 0 saturated carbocycles. The second-order valence-corrected chi connectivity index (χ2v) is 5.18. The maximum atomic E-state index is 5.81. The molecule has 0 saturated heterocycles. The molecule has 16 heavy (non-hydrogen) atoms. The predicted octanol–water partition coefficient (Wildman–Crippen LogP) is 3.18. The van der Waals surface area contributed by atoms with Crippen LogP contribution in [-0.2, 0) is 13.0 Å². The van der Waals surface area contributed by atoms with Crippen molar-refractivity contribution in [1.29, 1.82) is 0 Å². The number of thiophene rings is 1. The molecule has 0 atom stereocenters. The summed E-state index contributed by atoms with van der Waals surface area (Å²) in [4.78, 5) is 1.11. The normalized spacial score (nSPS) is 10.6. The van der Waals surface area contributed by atoms with Gasteiger partial charge in [-0.25, -0.2) is 0 Å². The van der Waals surface area contributed by atoms with E-state index in [1.807, 2.05) is 12.1 Å². The van der Waals surface area contributed by atoms with Crippen LogP contribution in [0.4, 0.5) is 6.01 Å². The number of hydrogen-bond acceptors (Lipinski definition) is 5. The maximum Gasteiger partial charge on any atom is 0.315 e. The number of hydrogen-bond donors (Lipinski definition) is 1. The molecule has 86 valence electrons. The van der Waals surface area contributed by atoms with Crippen LogP contribution < -0.4 is 5.32 Å². The van der Waals surface area contributed by atoms with Crippen molar-refractivity contribution in [1.82, 2.24) is 10.2 Å². The summed E-state index contributed by atoms with van der Waals surface area (Å²) in [7, 11) is 0. The van der Waals surface area contributed by atoms with Gasteiger partial charge in [0.2, 0.25) is 5.89 Å². The predicted molar refractivity (Wildman–Crippen MR) is 65.4 cm³/mol. The molecule has 0 amide bonds. The number of anilines is 1. The topological polar surface area (TPSA) is 51.0 Å². The van der Waals surface area contributed by atoms with E-state index >= 15 is 0 Å². The Kier molecular flexibility index (Phi) is 4.04. The van der Waals surface area contributed by atoms with Crippen molar-refractivity contribution >= 4 is 40.6 Å². The average molecular weight is 278 g/mol. The van der Waals surface area contributed by atoms with E-state index in [-0.39, 0.29) is 0 Å². The van der Waals surface area contributed by atoms with Crippen LogP contribution in [0, 0.1) is 0 Å². The van der Waals surface area contributed by atoms with E-state index in [2.05, 4.69) is 15.5 Å². The molecule has 2 aromatic heterocycles. The lowest BCUT2D eigenvalue weighted by molar-refractivity contribution is 0.512. The van der Waals surface area contributed by atoms with Crippen molar-refractivity contribution < 1.29 is 4.42 Å². The van der Waals surface area contributed by atoms with Gasteiger partial charge in [-0.15, -0.1) is 28.0 Å². The van der Waals surface area contributed by atoms with Gasteiger partial charge in [0, 0.05) is 17.2 Å². The number of aryl methyl sites for hydroxylation is 1. The Morgan fingerprint density at radius 1 is 1.38 bits per heavy atom. The highest BCUT2D eigenvalue weighted by Crippen LogP contribution is 2.22. The molecule has 0 radical (unpaired) electrons. The van der Waals surface area contributed by atoms with Crippen molar-refractivity contribution in [2.24, 2.45) is 0 Å². The molecule has 2 rings (SSSR count). The van der Waals surface area contributed by atoms with Gasteiger partial charge in [0.15, 0.2) is 0 Å². The Bertz CT molecular complexity index is 457. The molecule has 0 aliphatic heterocycles. The quantitative estimate of drug-likeness (QED) is 0.853. The highest BCUT2D eigenvalue weighted by Gasteiger charge is 2.05. The first-order valence-electron chi connectivity index (χ1n) is 4.64. The van der Waals surface area contributed by atoms with Gasteiger partial charge in [-0.3, -0.25) is 0 Å². The summed E-state index contributed by atoms with van der Waals surface area (Å²) in [6.45, 7) is 0.625. The SMILES string of the molecule is ClCCc1nnc(NCc2ccc(Cl)s2)o1. The van der Waals surface area contributed by atoms with E-state index in [4.69, 9.17) is 27.6 Å². The zero-order chi connectivity index (χ0) is 11.4. The van der Waals surface area contributed by atoms with Crippen molar-refractivity contribution in [3.63, 3.8) is 0 Å². The Morgan fingerprint density at radius 2 is 2.25 bits per heavy atom. The van der Waals surface area contributed by atoms with Crippen LogP contribution in [0.5, 0.6) is 0 Å². The average Bonchev–Trinajstić information content (AvgIpc) is 2.85. The van der Waals surface area contributed by atoms with Crippen LogP contribution in [0.2, 0.25) is 4.34 Å². The van der Waals surface area contributed by atoms with E-state index in [0.717, 1.165) is 9.21 Å². The fraction of sp³-hybridized carbons (Fsp3) is 0.333. The third-order valence-electron chi connectivity index (χ3n) is 1.82. The number of rotatable bonds is 5. The summed E-state index contributed by atoms with van der Waals surface area (Å²) < 4.78 is 6.08. The highest BCUT2D eigenvalue weighted by molar-refractivity contribution is 7.16. The minimum Gasteiger partial charge on any atom is -0.408 e. The molecule has 2 aromatic rings. The van der Waals surface area contributed by atoms with Gasteiger partial charge in [-0.1, -0.05) is 16.7 Å². The Balaban J connectivity index is 1.89. The fourth-order valence-electron chi connectivity index (χ4n) is 1.12. The second kappa shape index (κ2) is 5.52. The van der Waals surface area contributed by atoms with Crippen LogP contribution in [0.25, 0.3) is 0 Å². The van der Waals surface area contributed by atoms with Gasteiger partial charge in [0.05, 0.1) is 10.9 Å². The van der Waals surface area contributed by atoms with Crippen LogP contribution >= 0.6 is 34.5 Å². The Labute approximate surface area is 107 Å². The molecule has 0 aliphatic carbocycles. The molecule has 0 unspecified atom stereocenters. The summed E-state index contributed by atoms with van der Waals surface area (Å²) in [6.07, 6.45) is 0.584. The molecule has 0 spiro atoms. The monoisotopic (exact) mass is 277 g/mol. The smallest absolute Gasteiger partial charge is 0.315 e. The fourth-order valence-corrected chi connectivity index (χ4v) is 2.31. The molecule has 2 heterocycles. The Morgan fingerprint density at radius 3 is 2.94 bits per heavy atom. The van der Waals surface area contributed by atoms with Gasteiger partial charge in [0.25, 0.3) is 0 Å². The lowest BCUT2D eigenvalue weighted by atomic mass is 10.5. The summed E-state index contributed by atoms with van der Waals surface area (Å²) in [5, 5.41) is 10.7. The summed E-state index contributed by atoms with van der Waals surface area (Å²) in [6, 6.07) is 4.22. The summed E-state index contributed by atoms with van der Waals surface area (Å²) >= 11 is 12.9. The maximum absolute atomic E-state index is 5.81. The largest absolute Gasteiger partial charge is 0.408 e. The molecule has 0 fully saturated rings. The lowest BCUT2D eigenvalue weighted by Crippen LogP contribution is -1.97. The van der Waals surface area contributed by atoms with Crippen LogP contribution in [0.3, 0.4) is 0 Å². The lowest BCUT2D eigenvalue weighted by Gasteiger charge is -1.96. The molecular weight excluding hydrogens is 269 g/mol. The Hall–Kier alpha value is -0.780. The van der Waals surface area contributed by atoms with Gasteiger partial charge in [-0.05, 0) is 12.1 Å². The zero-order valence-electron chi connectivity index (χ0n) is 8.24. The molecule has 0 aromatic carbocycles. The minimum absolute atomic E-state index is 0.407. The summed E-state index contributed by atoms with van der Waals surface area (Å²) in [5.41, 5.74) is 0. The van der Waals surface area contributed by atoms with Gasteiger partial charge in [-0.2, -0.15) is 0 Å². The minimum atomic E-state index is 0.407. The molecule has 7 heteroatoms. The molecular formula is C9H9Cl2N3OS. The second-order valence-electron chi connectivity index (χ2n) is 3.00. The number of nitrogens with one attached hydrogen (secondary N) is 1. The first kappa shape index (κ1) is 11.7. The van der Waals surface area contributed by atoms with Gasteiger partial charge >= 0.3 is 6.01 Å². The third-order valence-corrected chi connectivity index (χ3v) is 3.24. The first-order chi connectivity index (χ1) is 7.78. The van der Waals surface area contributed by atoms with Gasteiger partial charge in [0.1, 0.15) is 0 Å². The molecule has 4 nitrogen and oxygen atoms in total. The molecule has 0 aliphatic rings. The van der Waals surface area contributed by atoms with Crippen molar-refractivity contribution in [2.75, 3.05) is 11.2 Å². The van der Waals surface area contributed by atoms with E-state index in [1.54, 1.807) is 0 Å². The van der Waals surface area contributed by atoms with Crippen molar-refractivity contribution in [3.05, 3.63) is 27.2 Å². The standard InChI is InChI=1S/C9H9Cl2N3OS/c10-4-3-8-13-14-9(15-8)12-5-6-1-2-7(11)16-6/h1-2H,3-5H2,(H,12,14). The number of halogens is 2.